The summed E-state index contributed by atoms with van der Waals surface area (Å²) >= 11 is 0. The molecule has 108 valence electrons. The van der Waals surface area contributed by atoms with E-state index in [1.165, 1.54) is 0 Å². The molecule has 0 saturated carbocycles. The highest BCUT2D eigenvalue weighted by atomic mass is 16.5. The molecule has 0 spiro atoms. The molecule has 0 amide bonds. The smallest absolute Gasteiger partial charge is 0.156 e. The molecule has 0 aliphatic carbocycles. The maximum atomic E-state index is 5.92. The van der Waals surface area contributed by atoms with Crippen LogP contribution in [0.4, 0.5) is 11.5 Å². The maximum absolute atomic E-state index is 5.92. The van der Waals surface area contributed by atoms with Crippen LogP contribution in [0.25, 0.3) is 5.65 Å². The van der Waals surface area contributed by atoms with Gasteiger partial charge in [-0.15, -0.1) is 0 Å². The number of nitrogens with zero attached hydrogens (tertiary/aromatic N) is 3. The predicted octanol–water partition coefficient (Wildman–Crippen LogP) is 2.57. The van der Waals surface area contributed by atoms with Gasteiger partial charge in [0.05, 0.1) is 12.8 Å². The lowest BCUT2D eigenvalue weighted by Crippen LogP contribution is -2.14. The van der Waals surface area contributed by atoms with Crippen LogP contribution in [-0.2, 0) is 6.54 Å². The lowest BCUT2D eigenvalue weighted by Gasteiger charge is -2.18. The topological polar surface area (TPSA) is 55.8 Å². The molecule has 0 unspecified atom stereocenters. The Hall–Kier alpha value is -2.53. The van der Waals surface area contributed by atoms with E-state index in [0.29, 0.717) is 6.54 Å². The second-order valence-electron chi connectivity index (χ2n) is 4.77. The van der Waals surface area contributed by atoms with E-state index in [4.69, 9.17) is 10.5 Å². The zero-order valence-electron chi connectivity index (χ0n) is 12.2. The Balaban J connectivity index is 2.05. The number of aromatic nitrogens is 2. The highest BCUT2D eigenvalue weighted by Gasteiger charge is 2.15. The standard InChI is InChI=1S/C16H18N4O/c1-19(12-6-8-13(21-2)9-7-12)16-14(11-17)20-10-4-3-5-15(20)18-16/h3-10H,11,17H2,1-2H3. The van der Waals surface area contributed by atoms with Gasteiger partial charge in [-0.25, -0.2) is 4.98 Å². The largest absolute Gasteiger partial charge is 0.497 e. The number of pyridine rings is 1. The molecule has 3 aromatic rings. The number of hydrogen-bond donors (Lipinski definition) is 1. The summed E-state index contributed by atoms with van der Waals surface area (Å²) in [6.07, 6.45) is 1.98. The Morgan fingerprint density at radius 3 is 2.62 bits per heavy atom. The van der Waals surface area contributed by atoms with Gasteiger partial charge < -0.3 is 19.8 Å². The summed E-state index contributed by atoms with van der Waals surface area (Å²) in [5.74, 6) is 1.70. The van der Waals surface area contributed by atoms with E-state index < -0.39 is 0 Å². The fourth-order valence-corrected chi connectivity index (χ4v) is 2.42. The number of benzene rings is 1. The molecule has 0 radical (unpaired) electrons. The average molecular weight is 282 g/mol. The van der Waals surface area contributed by atoms with Gasteiger partial charge in [0.15, 0.2) is 5.82 Å². The normalized spacial score (nSPS) is 10.8. The number of nitrogens with two attached hydrogens (primary N) is 1. The minimum Gasteiger partial charge on any atom is -0.497 e. The zero-order valence-corrected chi connectivity index (χ0v) is 12.2. The Morgan fingerprint density at radius 1 is 1.19 bits per heavy atom. The Labute approximate surface area is 123 Å². The minimum atomic E-state index is 0.432. The predicted molar refractivity (Wildman–Crippen MR) is 84.1 cm³/mol. The van der Waals surface area contributed by atoms with Crippen molar-refractivity contribution in [3.63, 3.8) is 0 Å². The van der Waals surface area contributed by atoms with E-state index in [1.54, 1.807) is 7.11 Å². The van der Waals surface area contributed by atoms with Gasteiger partial charge in [0.2, 0.25) is 0 Å². The van der Waals surface area contributed by atoms with Crippen LogP contribution in [0.5, 0.6) is 5.75 Å². The van der Waals surface area contributed by atoms with Crippen molar-refractivity contribution in [2.24, 2.45) is 5.73 Å². The summed E-state index contributed by atoms with van der Waals surface area (Å²) in [4.78, 5) is 6.72. The average Bonchev–Trinajstić information content (AvgIpc) is 2.92. The molecule has 3 rings (SSSR count). The van der Waals surface area contributed by atoms with Crippen molar-refractivity contribution in [2.75, 3.05) is 19.1 Å². The molecule has 21 heavy (non-hydrogen) atoms. The van der Waals surface area contributed by atoms with Crippen molar-refractivity contribution < 1.29 is 4.74 Å². The van der Waals surface area contributed by atoms with Gasteiger partial charge in [-0.2, -0.15) is 0 Å². The van der Waals surface area contributed by atoms with Crippen molar-refractivity contribution in [3.05, 3.63) is 54.4 Å². The number of fused-ring (bicyclic) bond motifs is 1. The molecule has 0 aliphatic heterocycles. The molecule has 0 fully saturated rings. The van der Waals surface area contributed by atoms with Crippen LogP contribution >= 0.6 is 0 Å². The third-order valence-electron chi connectivity index (χ3n) is 3.58. The lowest BCUT2D eigenvalue weighted by atomic mass is 10.2. The number of methoxy groups -OCH3 is 1. The summed E-state index contributed by atoms with van der Waals surface area (Å²) in [5.41, 5.74) is 8.84. The van der Waals surface area contributed by atoms with Crippen LogP contribution < -0.4 is 15.4 Å². The van der Waals surface area contributed by atoms with Crippen molar-refractivity contribution in [1.82, 2.24) is 9.38 Å². The summed E-state index contributed by atoms with van der Waals surface area (Å²) in [6.45, 7) is 0.432. The molecule has 0 saturated heterocycles. The first-order valence-electron chi connectivity index (χ1n) is 6.78. The summed E-state index contributed by atoms with van der Waals surface area (Å²) < 4.78 is 7.21. The summed E-state index contributed by atoms with van der Waals surface area (Å²) in [7, 11) is 3.65. The van der Waals surface area contributed by atoms with Gasteiger partial charge in [0, 0.05) is 25.5 Å². The van der Waals surface area contributed by atoms with Gasteiger partial charge >= 0.3 is 0 Å². The molecular weight excluding hydrogens is 264 g/mol. The van der Waals surface area contributed by atoms with Crippen LogP contribution in [0.15, 0.2) is 48.7 Å². The van der Waals surface area contributed by atoms with E-state index in [2.05, 4.69) is 4.98 Å². The molecule has 1 aromatic carbocycles. The quantitative estimate of drug-likeness (QED) is 0.799. The minimum absolute atomic E-state index is 0.432. The van der Waals surface area contributed by atoms with Gasteiger partial charge in [-0.3, -0.25) is 0 Å². The van der Waals surface area contributed by atoms with Crippen LogP contribution in [0.2, 0.25) is 0 Å². The fraction of sp³-hybridized carbons (Fsp3) is 0.188. The highest BCUT2D eigenvalue weighted by molar-refractivity contribution is 5.65. The van der Waals surface area contributed by atoms with Crippen molar-refractivity contribution >= 4 is 17.2 Å². The molecule has 2 heterocycles. The SMILES string of the molecule is COc1ccc(N(C)c2nc3ccccn3c2CN)cc1. The number of anilines is 2. The van der Waals surface area contributed by atoms with Gasteiger partial charge in [0.25, 0.3) is 0 Å². The van der Waals surface area contributed by atoms with E-state index in [0.717, 1.165) is 28.6 Å². The molecule has 0 bridgehead atoms. The van der Waals surface area contributed by atoms with Crippen LogP contribution in [0.3, 0.4) is 0 Å². The van der Waals surface area contributed by atoms with Crippen LogP contribution in [0, 0.1) is 0 Å². The second kappa shape index (κ2) is 5.46. The second-order valence-corrected chi connectivity index (χ2v) is 4.77. The first kappa shape index (κ1) is 13.5. The van der Waals surface area contributed by atoms with Crippen molar-refractivity contribution in [1.29, 1.82) is 0 Å². The Bertz CT molecular complexity index is 749. The monoisotopic (exact) mass is 282 g/mol. The van der Waals surface area contributed by atoms with Crippen molar-refractivity contribution in [2.45, 2.75) is 6.54 Å². The van der Waals surface area contributed by atoms with E-state index in [1.807, 2.05) is 65.0 Å². The van der Waals surface area contributed by atoms with Gasteiger partial charge in [-0.05, 0) is 36.4 Å². The van der Waals surface area contributed by atoms with E-state index >= 15 is 0 Å². The molecule has 5 heteroatoms. The van der Waals surface area contributed by atoms with Crippen LogP contribution in [0.1, 0.15) is 5.69 Å². The summed E-state index contributed by atoms with van der Waals surface area (Å²) in [6, 6.07) is 13.8. The third kappa shape index (κ3) is 2.32. The number of hydrogen-bond acceptors (Lipinski definition) is 4. The molecule has 5 nitrogen and oxygen atoms in total. The molecule has 0 atom stereocenters. The van der Waals surface area contributed by atoms with E-state index in [-0.39, 0.29) is 0 Å². The van der Waals surface area contributed by atoms with Gasteiger partial charge in [-0.1, -0.05) is 6.07 Å². The molecule has 2 N–H and O–H groups in total. The highest BCUT2D eigenvalue weighted by Crippen LogP contribution is 2.28. The fourth-order valence-electron chi connectivity index (χ4n) is 2.42. The number of rotatable bonds is 4. The van der Waals surface area contributed by atoms with Crippen molar-refractivity contribution in [3.8, 4) is 5.75 Å². The molecule has 0 aliphatic rings. The Kier molecular flexibility index (Phi) is 3.50. The number of imidazole rings is 1. The zero-order chi connectivity index (χ0) is 14.8. The maximum Gasteiger partial charge on any atom is 0.156 e. The lowest BCUT2D eigenvalue weighted by molar-refractivity contribution is 0.415. The van der Waals surface area contributed by atoms with E-state index in [9.17, 15) is 0 Å². The third-order valence-corrected chi connectivity index (χ3v) is 3.58. The summed E-state index contributed by atoms with van der Waals surface area (Å²) in [5, 5.41) is 0. The van der Waals surface area contributed by atoms with Gasteiger partial charge in [0.1, 0.15) is 11.4 Å². The Morgan fingerprint density at radius 2 is 1.95 bits per heavy atom. The first-order valence-corrected chi connectivity index (χ1v) is 6.78. The molecule has 2 aromatic heterocycles. The molecular formula is C16H18N4O. The van der Waals surface area contributed by atoms with Crippen LogP contribution in [-0.4, -0.2) is 23.5 Å². The number of ether oxygens (including phenoxy) is 1. The first-order chi connectivity index (χ1) is 10.2.